The number of carbonyl (C=O) groups excluding carboxylic acids is 1. The highest BCUT2D eigenvalue weighted by molar-refractivity contribution is 5.91. The molecule has 0 atom stereocenters. The Morgan fingerprint density at radius 3 is 2.62 bits per heavy atom. The summed E-state index contributed by atoms with van der Waals surface area (Å²) in [7, 11) is 0. The van der Waals surface area contributed by atoms with Crippen molar-refractivity contribution in [3.63, 3.8) is 0 Å². The Labute approximate surface area is 93.2 Å². The maximum atomic E-state index is 11.2. The number of hydrogen-bond donors (Lipinski definition) is 1. The summed E-state index contributed by atoms with van der Waals surface area (Å²) in [6, 6.07) is 7.13. The van der Waals surface area contributed by atoms with E-state index < -0.39 is 11.9 Å². The van der Waals surface area contributed by atoms with E-state index >= 15 is 0 Å². The van der Waals surface area contributed by atoms with Gasteiger partial charge in [0.15, 0.2) is 0 Å². The maximum absolute atomic E-state index is 11.2. The van der Waals surface area contributed by atoms with Crippen molar-refractivity contribution in [3.8, 4) is 5.75 Å². The minimum absolute atomic E-state index is 0.463. The fourth-order valence-electron chi connectivity index (χ4n) is 1.18. The standard InChI is InChI=1S/C12H12O4/c1-2-9-5-3-4-6-10(9)16-12(15)8-7-11(13)14/h3-8H,2H2,1H3,(H,13,14). The monoisotopic (exact) mass is 220 g/mol. The molecule has 0 unspecified atom stereocenters. The third-order valence-corrected chi connectivity index (χ3v) is 1.93. The molecule has 1 rings (SSSR count). The second-order valence-electron chi connectivity index (χ2n) is 3.05. The van der Waals surface area contributed by atoms with Crippen molar-refractivity contribution in [2.45, 2.75) is 13.3 Å². The van der Waals surface area contributed by atoms with Gasteiger partial charge in [0.2, 0.25) is 0 Å². The van der Waals surface area contributed by atoms with Crippen molar-refractivity contribution in [1.82, 2.24) is 0 Å². The van der Waals surface area contributed by atoms with Gasteiger partial charge in [-0.15, -0.1) is 0 Å². The Morgan fingerprint density at radius 2 is 2.00 bits per heavy atom. The summed E-state index contributed by atoms with van der Waals surface area (Å²) in [4.78, 5) is 21.4. The van der Waals surface area contributed by atoms with Crippen LogP contribution in [0.1, 0.15) is 12.5 Å². The van der Waals surface area contributed by atoms with Gasteiger partial charge in [-0.3, -0.25) is 0 Å². The number of para-hydroxylation sites is 1. The number of aliphatic carboxylic acids is 1. The van der Waals surface area contributed by atoms with Crippen LogP contribution in [0.4, 0.5) is 0 Å². The quantitative estimate of drug-likeness (QED) is 0.477. The van der Waals surface area contributed by atoms with Crippen LogP contribution in [0.25, 0.3) is 0 Å². The molecule has 4 heteroatoms. The molecular formula is C12H12O4. The number of rotatable bonds is 4. The van der Waals surface area contributed by atoms with Crippen molar-refractivity contribution in [3.05, 3.63) is 42.0 Å². The number of aryl methyl sites for hydroxylation is 1. The third kappa shape index (κ3) is 3.57. The highest BCUT2D eigenvalue weighted by Gasteiger charge is 2.05. The maximum Gasteiger partial charge on any atom is 0.336 e. The van der Waals surface area contributed by atoms with Crippen molar-refractivity contribution in [1.29, 1.82) is 0 Å². The summed E-state index contributed by atoms with van der Waals surface area (Å²) in [6.07, 6.45) is 2.37. The van der Waals surface area contributed by atoms with Gasteiger partial charge in [0, 0.05) is 12.2 Å². The Hall–Kier alpha value is -2.10. The molecule has 84 valence electrons. The molecule has 0 bridgehead atoms. The molecule has 0 aromatic heterocycles. The van der Waals surface area contributed by atoms with Crippen LogP contribution in [0.3, 0.4) is 0 Å². The lowest BCUT2D eigenvalue weighted by molar-refractivity contribution is -0.133. The second kappa shape index (κ2) is 5.70. The first-order valence-corrected chi connectivity index (χ1v) is 4.84. The van der Waals surface area contributed by atoms with Gasteiger partial charge < -0.3 is 9.84 Å². The topological polar surface area (TPSA) is 63.6 Å². The van der Waals surface area contributed by atoms with Crippen LogP contribution >= 0.6 is 0 Å². The number of esters is 1. The predicted molar refractivity (Wildman–Crippen MR) is 58.2 cm³/mol. The minimum Gasteiger partial charge on any atom is -0.478 e. The smallest absolute Gasteiger partial charge is 0.336 e. The lowest BCUT2D eigenvalue weighted by Crippen LogP contribution is -2.06. The van der Waals surface area contributed by atoms with Crippen LogP contribution in [0.5, 0.6) is 5.75 Å². The van der Waals surface area contributed by atoms with Gasteiger partial charge in [-0.25, -0.2) is 9.59 Å². The number of ether oxygens (including phenoxy) is 1. The summed E-state index contributed by atoms with van der Waals surface area (Å²) < 4.78 is 5.00. The van der Waals surface area contributed by atoms with E-state index in [4.69, 9.17) is 9.84 Å². The fraction of sp³-hybridized carbons (Fsp3) is 0.167. The highest BCUT2D eigenvalue weighted by atomic mass is 16.5. The van der Waals surface area contributed by atoms with Gasteiger partial charge in [0.25, 0.3) is 0 Å². The van der Waals surface area contributed by atoms with Gasteiger partial charge in [0.1, 0.15) is 5.75 Å². The van der Waals surface area contributed by atoms with E-state index in [0.717, 1.165) is 24.1 Å². The predicted octanol–water partition coefficient (Wildman–Crippen LogP) is 1.80. The molecule has 0 saturated carbocycles. The largest absolute Gasteiger partial charge is 0.478 e. The molecule has 0 radical (unpaired) electrons. The third-order valence-electron chi connectivity index (χ3n) is 1.93. The molecule has 0 aliphatic rings. The summed E-state index contributed by atoms with van der Waals surface area (Å²) in [5, 5.41) is 8.33. The first kappa shape index (κ1) is 12.0. The van der Waals surface area contributed by atoms with Crippen LogP contribution in [-0.4, -0.2) is 17.0 Å². The van der Waals surface area contributed by atoms with Crippen molar-refractivity contribution in [2.75, 3.05) is 0 Å². The van der Waals surface area contributed by atoms with Gasteiger partial charge in [-0.05, 0) is 18.1 Å². The zero-order valence-electron chi connectivity index (χ0n) is 8.84. The molecule has 1 N–H and O–H groups in total. The molecule has 16 heavy (non-hydrogen) atoms. The average Bonchev–Trinajstić information content (AvgIpc) is 2.27. The zero-order chi connectivity index (χ0) is 12.0. The Morgan fingerprint density at radius 1 is 1.31 bits per heavy atom. The van der Waals surface area contributed by atoms with Crippen molar-refractivity contribution < 1.29 is 19.4 Å². The Bertz CT molecular complexity index is 421. The van der Waals surface area contributed by atoms with Crippen LogP contribution < -0.4 is 4.74 Å². The van der Waals surface area contributed by atoms with E-state index in [2.05, 4.69) is 0 Å². The van der Waals surface area contributed by atoms with Gasteiger partial charge in [-0.1, -0.05) is 25.1 Å². The van der Waals surface area contributed by atoms with Gasteiger partial charge in [0.05, 0.1) is 0 Å². The number of benzene rings is 1. The molecule has 0 saturated heterocycles. The van der Waals surface area contributed by atoms with E-state index in [0.29, 0.717) is 5.75 Å². The van der Waals surface area contributed by atoms with Crippen molar-refractivity contribution >= 4 is 11.9 Å². The number of carboxylic acid groups (broad SMARTS) is 1. The molecule has 0 aliphatic heterocycles. The number of hydrogen-bond acceptors (Lipinski definition) is 3. The SMILES string of the molecule is CCc1ccccc1OC(=O)C=CC(=O)O. The zero-order valence-corrected chi connectivity index (χ0v) is 8.84. The molecule has 4 nitrogen and oxygen atoms in total. The fourth-order valence-corrected chi connectivity index (χ4v) is 1.18. The molecule has 0 aliphatic carbocycles. The molecule has 0 spiro atoms. The Balaban J connectivity index is 2.73. The van der Waals surface area contributed by atoms with Crippen LogP contribution in [0, 0.1) is 0 Å². The van der Waals surface area contributed by atoms with E-state index in [1.165, 1.54) is 0 Å². The summed E-state index contributed by atoms with van der Waals surface area (Å²) in [5.74, 6) is -1.41. The van der Waals surface area contributed by atoms with E-state index in [9.17, 15) is 9.59 Å². The van der Waals surface area contributed by atoms with Gasteiger partial charge >= 0.3 is 11.9 Å². The summed E-state index contributed by atoms with van der Waals surface area (Å²) in [6.45, 7) is 1.94. The summed E-state index contributed by atoms with van der Waals surface area (Å²) >= 11 is 0. The minimum atomic E-state index is -1.18. The van der Waals surface area contributed by atoms with Crippen LogP contribution in [0.2, 0.25) is 0 Å². The van der Waals surface area contributed by atoms with E-state index in [1.807, 2.05) is 19.1 Å². The van der Waals surface area contributed by atoms with Crippen LogP contribution in [-0.2, 0) is 16.0 Å². The molecule has 1 aromatic rings. The van der Waals surface area contributed by atoms with Crippen molar-refractivity contribution in [2.24, 2.45) is 0 Å². The normalized spacial score (nSPS) is 10.3. The molecule has 0 heterocycles. The summed E-state index contributed by atoms with van der Waals surface area (Å²) in [5.41, 5.74) is 0.902. The number of carboxylic acids is 1. The first-order chi connectivity index (χ1) is 7.63. The molecule has 1 aromatic carbocycles. The number of carbonyl (C=O) groups is 2. The molecular weight excluding hydrogens is 208 g/mol. The molecule has 0 fully saturated rings. The lowest BCUT2D eigenvalue weighted by atomic mass is 10.1. The average molecular weight is 220 g/mol. The Kier molecular flexibility index (Phi) is 4.27. The van der Waals surface area contributed by atoms with E-state index in [-0.39, 0.29) is 0 Å². The van der Waals surface area contributed by atoms with Gasteiger partial charge in [-0.2, -0.15) is 0 Å². The van der Waals surface area contributed by atoms with E-state index in [1.54, 1.807) is 12.1 Å². The van der Waals surface area contributed by atoms with Crippen LogP contribution in [0.15, 0.2) is 36.4 Å². The lowest BCUT2D eigenvalue weighted by Gasteiger charge is -2.05. The first-order valence-electron chi connectivity index (χ1n) is 4.84. The molecule has 0 amide bonds. The highest BCUT2D eigenvalue weighted by Crippen LogP contribution is 2.18. The second-order valence-corrected chi connectivity index (χ2v) is 3.05.